The van der Waals surface area contributed by atoms with Crippen LogP contribution in [0.2, 0.25) is 0 Å². The van der Waals surface area contributed by atoms with Crippen molar-refractivity contribution in [3.63, 3.8) is 0 Å². The number of piperidine rings is 1. The van der Waals surface area contributed by atoms with Crippen LogP contribution in [0.5, 0.6) is 5.88 Å². The van der Waals surface area contributed by atoms with Crippen molar-refractivity contribution in [1.82, 2.24) is 9.29 Å². The molecule has 1 saturated heterocycles. The number of amides is 1. The van der Waals surface area contributed by atoms with E-state index in [9.17, 15) is 17.6 Å². The zero-order chi connectivity index (χ0) is 23.3. The summed E-state index contributed by atoms with van der Waals surface area (Å²) in [6.45, 7) is 1.06. The number of hydrogen-bond acceptors (Lipinski definition) is 5. The number of hydrogen-bond donors (Lipinski definition) is 1. The highest BCUT2D eigenvalue weighted by Gasteiger charge is 2.29. The highest BCUT2D eigenvalue weighted by atomic mass is 32.2. The minimum absolute atomic E-state index is 0.0383. The highest BCUT2D eigenvalue weighted by Crippen LogP contribution is 2.24. The molecule has 9 heteroatoms. The van der Waals surface area contributed by atoms with E-state index in [0.29, 0.717) is 31.3 Å². The molecule has 3 aromatic rings. The number of rotatable bonds is 7. The predicted molar refractivity (Wildman–Crippen MR) is 122 cm³/mol. The Morgan fingerprint density at radius 2 is 1.79 bits per heavy atom. The van der Waals surface area contributed by atoms with E-state index >= 15 is 0 Å². The Labute approximate surface area is 192 Å². The van der Waals surface area contributed by atoms with Crippen LogP contribution in [0.15, 0.2) is 71.8 Å². The lowest BCUT2D eigenvalue weighted by atomic mass is 10.2. The van der Waals surface area contributed by atoms with E-state index < -0.39 is 26.6 Å². The maximum atomic E-state index is 14.4. The summed E-state index contributed by atoms with van der Waals surface area (Å²) >= 11 is 0. The molecule has 0 spiro atoms. The summed E-state index contributed by atoms with van der Waals surface area (Å²) in [6, 6.07) is 16.2. The minimum Gasteiger partial charge on any atom is -0.473 e. The molecule has 7 nitrogen and oxygen atoms in total. The third-order valence-electron chi connectivity index (χ3n) is 5.35. The summed E-state index contributed by atoms with van der Waals surface area (Å²) in [5.41, 5.74) is 1.44. The van der Waals surface area contributed by atoms with Gasteiger partial charge in [0.1, 0.15) is 17.3 Å². The second kappa shape index (κ2) is 10.1. The molecule has 0 saturated carbocycles. The van der Waals surface area contributed by atoms with E-state index in [1.54, 1.807) is 12.1 Å². The van der Waals surface area contributed by atoms with Crippen molar-refractivity contribution in [3.8, 4) is 5.88 Å². The average Bonchev–Trinajstić information content (AvgIpc) is 2.85. The van der Waals surface area contributed by atoms with Crippen LogP contribution in [0.25, 0.3) is 0 Å². The van der Waals surface area contributed by atoms with Gasteiger partial charge in [-0.3, -0.25) is 4.79 Å². The number of anilines is 1. The van der Waals surface area contributed by atoms with Crippen molar-refractivity contribution in [2.75, 3.05) is 18.4 Å². The number of sulfonamides is 1. The number of pyridine rings is 1. The molecule has 1 fully saturated rings. The molecule has 0 aliphatic carbocycles. The molecule has 4 rings (SSSR count). The molecule has 172 valence electrons. The van der Waals surface area contributed by atoms with E-state index in [4.69, 9.17) is 4.74 Å². The summed E-state index contributed by atoms with van der Waals surface area (Å²) in [4.78, 5) is 16.4. The number of ether oxygens (including phenoxy) is 1. The number of nitrogens with zero attached hydrogens (tertiary/aromatic N) is 2. The summed E-state index contributed by atoms with van der Waals surface area (Å²) in [6.07, 6.45) is 3.85. The number of nitrogens with one attached hydrogen (secondary N) is 1. The molecule has 2 aromatic carbocycles. The van der Waals surface area contributed by atoms with Gasteiger partial charge in [0.25, 0.3) is 5.91 Å². The van der Waals surface area contributed by atoms with Gasteiger partial charge in [-0.05, 0) is 42.7 Å². The van der Waals surface area contributed by atoms with Crippen LogP contribution < -0.4 is 10.1 Å². The Morgan fingerprint density at radius 1 is 1.03 bits per heavy atom. The minimum atomic E-state index is -4.01. The zero-order valence-corrected chi connectivity index (χ0v) is 18.7. The van der Waals surface area contributed by atoms with Gasteiger partial charge in [0, 0.05) is 24.7 Å². The fraction of sp³-hybridized carbons (Fsp3) is 0.250. The maximum Gasteiger partial charge on any atom is 0.255 e. The van der Waals surface area contributed by atoms with Crippen LogP contribution in [0.3, 0.4) is 0 Å². The van der Waals surface area contributed by atoms with Gasteiger partial charge >= 0.3 is 0 Å². The van der Waals surface area contributed by atoms with E-state index in [1.165, 1.54) is 16.6 Å². The van der Waals surface area contributed by atoms with Crippen molar-refractivity contribution in [2.45, 2.75) is 30.8 Å². The normalized spacial score (nSPS) is 14.6. The quantitative estimate of drug-likeness (QED) is 0.560. The SMILES string of the molecule is O=C(Nc1ccc(OCc2ccccc2)nc1)c1ccc(F)c(S(=O)(=O)N2CCCCC2)c1. The topological polar surface area (TPSA) is 88.6 Å². The van der Waals surface area contributed by atoms with Gasteiger partial charge in [0.15, 0.2) is 0 Å². The van der Waals surface area contributed by atoms with Crippen molar-refractivity contribution in [2.24, 2.45) is 0 Å². The number of halogens is 1. The fourth-order valence-corrected chi connectivity index (χ4v) is 5.17. The van der Waals surface area contributed by atoms with Crippen molar-refractivity contribution < 1.29 is 22.3 Å². The van der Waals surface area contributed by atoms with Gasteiger partial charge in [0.05, 0.1) is 11.9 Å². The lowest BCUT2D eigenvalue weighted by Crippen LogP contribution is -2.36. The molecule has 0 bridgehead atoms. The van der Waals surface area contributed by atoms with Crippen LogP contribution in [0.1, 0.15) is 35.2 Å². The number of aromatic nitrogens is 1. The molecule has 0 unspecified atom stereocenters. The van der Waals surface area contributed by atoms with Gasteiger partial charge < -0.3 is 10.1 Å². The van der Waals surface area contributed by atoms with E-state index in [0.717, 1.165) is 37.0 Å². The molecule has 0 atom stereocenters. The summed E-state index contributed by atoms with van der Waals surface area (Å²) in [5.74, 6) is -1.04. The Kier molecular flexibility index (Phi) is 7.00. The van der Waals surface area contributed by atoms with Gasteiger partial charge in [-0.1, -0.05) is 36.8 Å². The van der Waals surface area contributed by atoms with Crippen LogP contribution in [-0.2, 0) is 16.6 Å². The van der Waals surface area contributed by atoms with E-state index in [-0.39, 0.29) is 5.56 Å². The van der Waals surface area contributed by atoms with Crippen LogP contribution >= 0.6 is 0 Å². The summed E-state index contributed by atoms with van der Waals surface area (Å²) < 4.78 is 47.0. The smallest absolute Gasteiger partial charge is 0.255 e. The average molecular weight is 470 g/mol. The third-order valence-corrected chi connectivity index (χ3v) is 7.26. The largest absolute Gasteiger partial charge is 0.473 e. The molecule has 1 aliphatic heterocycles. The first kappa shape index (κ1) is 22.9. The first-order valence-electron chi connectivity index (χ1n) is 10.7. The van der Waals surface area contributed by atoms with Gasteiger partial charge in [0.2, 0.25) is 15.9 Å². The molecule has 0 radical (unpaired) electrons. The van der Waals surface area contributed by atoms with Gasteiger partial charge in [-0.15, -0.1) is 0 Å². The van der Waals surface area contributed by atoms with Crippen LogP contribution in [-0.4, -0.2) is 36.7 Å². The molecular weight excluding hydrogens is 445 g/mol. The van der Waals surface area contributed by atoms with Crippen LogP contribution in [0.4, 0.5) is 10.1 Å². The lowest BCUT2D eigenvalue weighted by molar-refractivity contribution is 0.102. The van der Waals surface area contributed by atoms with Crippen LogP contribution in [0, 0.1) is 5.82 Å². The number of benzene rings is 2. The number of carbonyl (C=O) groups is 1. The van der Waals surface area contributed by atoms with Crippen molar-refractivity contribution >= 4 is 21.6 Å². The zero-order valence-electron chi connectivity index (χ0n) is 17.9. The summed E-state index contributed by atoms with van der Waals surface area (Å²) in [5, 5.41) is 2.65. The molecule has 1 amide bonds. The van der Waals surface area contributed by atoms with Crippen molar-refractivity contribution in [3.05, 3.63) is 83.8 Å². The molecule has 1 aromatic heterocycles. The Balaban J connectivity index is 1.43. The Morgan fingerprint density at radius 3 is 2.48 bits per heavy atom. The number of carbonyl (C=O) groups excluding carboxylic acids is 1. The predicted octanol–water partition coefficient (Wildman–Crippen LogP) is 4.23. The third kappa shape index (κ3) is 5.55. The molecule has 1 aliphatic rings. The molecule has 1 N–H and O–H groups in total. The standard InChI is InChI=1S/C24H24FN3O4S/c25-21-11-9-19(15-22(21)33(30,31)28-13-5-2-6-14-28)24(29)27-20-10-12-23(26-16-20)32-17-18-7-3-1-4-8-18/h1,3-4,7-12,15-16H,2,5-6,13-14,17H2,(H,27,29). The second-order valence-electron chi connectivity index (χ2n) is 7.72. The van der Waals surface area contributed by atoms with Crippen molar-refractivity contribution in [1.29, 1.82) is 0 Å². The maximum absolute atomic E-state index is 14.4. The van der Waals surface area contributed by atoms with E-state index in [2.05, 4.69) is 10.3 Å². The lowest BCUT2D eigenvalue weighted by Gasteiger charge is -2.26. The first-order chi connectivity index (χ1) is 15.9. The second-order valence-corrected chi connectivity index (χ2v) is 9.63. The first-order valence-corrected chi connectivity index (χ1v) is 12.1. The molecule has 2 heterocycles. The Bertz CT molecular complexity index is 1210. The molecule has 33 heavy (non-hydrogen) atoms. The molecular formula is C24H24FN3O4S. The Hall–Kier alpha value is -3.30. The fourth-order valence-electron chi connectivity index (χ4n) is 3.56. The van der Waals surface area contributed by atoms with Gasteiger partial charge in [-0.25, -0.2) is 17.8 Å². The summed E-state index contributed by atoms with van der Waals surface area (Å²) in [7, 11) is -4.01. The highest BCUT2D eigenvalue weighted by molar-refractivity contribution is 7.89. The van der Waals surface area contributed by atoms with Gasteiger partial charge in [-0.2, -0.15) is 4.31 Å². The van der Waals surface area contributed by atoms with E-state index in [1.807, 2.05) is 30.3 Å². The monoisotopic (exact) mass is 469 g/mol.